The van der Waals surface area contributed by atoms with E-state index >= 15 is 0 Å². The van der Waals surface area contributed by atoms with Crippen LogP contribution >= 0.6 is 0 Å². The van der Waals surface area contributed by atoms with E-state index in [-0.39, 0.29) is 30.7 Å². The monoisotopic (exact) mass is 341 g/mol. The lowest BCUT2D eigenvalue weighted by atomic mass is 10.0. The van der Waals surface area contributed by atoms with Gasteiger partial charge >= 0.3 is 0 Å². The molecule has 0 bridgehead atoms. The summed E-state index contributed by atoms with van der Waals surface area (Å²) in [5.74, 6) is -1.25. The van der Waals surface area contributed by atoms with Gasteiger partial charge in [-0.05, 0) is 37.1 Å². The van der Waals surface area contributed by atoms with Crippen molar-refractivity contribution in [2.45, 2.75) is 32.4 Å². The zero-order chi connectivity index (χ0) is 18.1. The average Bonchev–Trinajstić information content (AvgIpc) is 2.89. The second-order valence-corrected chi connectivity index (χ2v) is 6.41. The fraction of sp³-hybridized carbons (Fsp3) is 0.333. The first-order valence-electron chi connectivity index (χ1n) is 8.07. The van der Waals surface area contributed by atoms with Gasteiger partial charge in [0.15, 0.2) is 0 Å². The summed E-state index contributed by atoms with van der Waals surface area (Å²) in [5, 5.41) is 5.02. The number of hydrogen-bond acceptors (Lipinski definition) is 4. The Labute approximate surface area is 145 Å². The summed E-state index contributed by atoms with van der Waals surface area (Å²) in [6, 6.07) is 4.23. The molecule has 3 rings (SSSR count). The van der Waals surface area contributed by atoms with E-state index in [0.29, 0.717) is 29.7 Å². The largest absolute Gasteiger partial charge is 0.348 e. The minimum atomic E-state index is -0.654. The van der Waals surface area contributed by atoms with Crippen LogP contribution in [0.25, 0.3) is 0 Å². The molecule has 0 saturated carbocycles. The first-order chi connectivity index (χ1) is 11.9. The minimum Gasteiger partial charge on any atom is -0.348 e. The predicted octanol–water partition coefficient (Wildman–Crippen LogP) is 0.753. The molecule has 130 valence electrons. The third-order valence-corrected chi connectivity index (χ3v) is 4.34. The van der Waals surface area contributed by atoms with Crippen molar-refractivity contribution in [2.75, 3.05) is 6.54 Å². The van der Waals surface area contributed by atoms with Crippen molar-refractivity contribution >= 4 is 23.6 Å². The molecule has 4 amide bonds. The van der Waals surface area contributed by atoms with Crippen LogP contribution in [0, 0.1) is 0 Å². The smallest absolute Gasteiger partial charge is 0.255 e. The number of imide groups is 1. The van der Waals surface area contributed by atoms with Gasteiger partial charge in [0.2, 0.25) is 11.8 Å². The van der Waals surface area contributed by atoms with Gasteiger partial charge in [0.05, 0.1) is 0 Å². The number of nitrogens with one attached hydrogen (secondary N) is 2. The highest BCUT2D eigenvalue weighted by Gasteiger charge is 2.39. The van der Waals surface area contributed by atoms with Gasteiger partial charge in [0.25, 0.3) is 11.8 Å². The Hall–Kier alpha value is -2.96. The van der Waals surface area contributed by atoms with E-state index in [9.17, 15) is 19.2 Å². The minimum absolute atomic E-state index is 0.213. The van der Waals surface area contributed by atoms with E-state index in [1.807, 2.05) is 6.92 Å². The molecule has 0 radical (unpaired) electrons. The molecular weight excluding hydrogens is 322 g/mol. The summed E-state index contributed by atoms with van der Waals surface area (Å²) in [5.41, 5.74) is 2.49. The summed E-state index contributed by atoms with van der Waals surface area (Å²) in [6.07, 6.45) is 0.529. The molecule has 25 heavy (non-hydrogen) atoms. The molecule has 1 aromatic carbocycles. The van der Waals surface area contributed by atoms with Crippen molar-refractivity contribution in [1.29, 1.82) is 0 Å². The lowest BCUT2D eigenvalue weighted by Crippen LogP contribution is -2.52. The molecule has 2 aliphatic heterocycles. The maximum absolute atomic E-state index is 12.6. The van der Waals surface area contributed by atoms with E-state index < -0.39 is 11.9 Å². The van der Waals surface area contributed by atoms with Crippen molar-refractivity contribution in [3.05, 3.63) is 47.0 Å². The maximum atomic E-state index is 12.6. The Kier molecular flexibility index (Phi) is 4.39. The normalized spacial score (nSPS) is 19.5. The summed E-state index contributed by atoms with van der Waals surface area (Å²) >= 11 is 0. The highest BCUT2D eigenvalue weighted by molar-refractivity contribution is 6.06. The quantitative estimate of drug-likeness (QED) is 0.624. The number of benzene rings is 1. The van der Waals surface area contributed by atoms with Crippen LogP contribution in [0.5, 0.6) is 0 Å². The number of rotatable bonds is 4. The fourth-order valence-electron chi connectivity index (χ4n) is 3.05. The summed E-state index contributed by atoms with van der Waals surface area (Å²) in [7, 11) is 0. The molecule has 2 heterocycles. The van der Waals surface area contributed by atoms with Crippen molar-refractivity contribution < 1.29 is 19.2 Å². The van der Waals surface area contributed by atoms with Crippen LogP contribution in [0.2, 0.25) is 0 Å². The molecule has 1 aromatic rings. The van der Waals surface area contributed by atoms with E-state index in [0.717, 1.165) is 5.57 Å². The van der Waals surface area contributed by atoms with Gasteiger partial charge in [0.1, 0.15) is 6.04 Å². The lowest BCUT2D eigenvalue weighted by molar-refractivity contribution is -0.136. The van der Waals surface area contributed by atoms with Crippen LogP contribution < -0.4 is 10.6 Å². The van der Waals surface area contributed by atoms with Gasteiger partial charge in [-0.15, -0.1) is 0 Å². The molecule has 7 heteroatoms. The van der Waals surface area contributed by atoms with E-state index in [1.54, 1.807) is 18.2 Å². The highest BCUT2D eigenvalue weighted by Crippen LogP contribution is 2.28. The zero-order valence-corrected chi connectivity index (χ0v) is 13.9. The van der Waals surface area contributed by atoms with Gasteiger partial charge < -0.3 is 10.2 Å². The van der Waals surface area contributed by atoms with Crippen LogP contribution in [0.3, 0.4) is 0 Å². The average molecular weight is 341 g/mol. The number of carbonyl (C=O) groups is 4. The zero-order valence-electron chi connectivity index (χ0n) is 13.9. The molecule has 0 aromatic heterocycles. The van der Waals surface area contributed by atoms with Crippen LogP contribution in [0.1, 0.15) is 46.0 Å². The Balaban J connectivity index is 1.77. The van der Waals surface area contributed by atoms with Gasteiger partial charge in [0, 0.05) is 30.6 Å². The Morgan fingerprint density at radius 2 is 2.12 bits per heavy atom. The fourth-order valence-corrected chi connectivity index (χ4v) is 3.05. The third kappa shape index (κ3) is 3.31. The third-order valence-electron chi connectivity index (χ3n) is 4.34. The van der Waals surface area contributed by atoms with Gasteiger partial charge in [-0.1, -0.05) is 12.2 Å². The first kappa shape index (κ1) is 16.9. The van der Waals surface area contributed by atoms with Crippen LogP contribution in [0.15, 0.2) is 30.4 Å². The molecule has 0 aliphatic carbocycles. The van der Waals surface area contributed by atoms with Crippen molar-refractivity contribution in [1.82, 2.24) is 15.5 Å². The maximum Gasteiger partial charge on any atom is 0.255 e. The summed E-state index contributed by atoms with van der Waals surface area (Å²) in [4.78, 5) is 49.5. The number of amides is 4. The molecule has 2 aliphatic rings. The molecule has 7 nitrogen and oxygen atoms in total. The molecule has 1 saturated heterocycles. The highest BCUT2D eigenvalue weighted by atomic mass is 16.2. The van der Waals surface area contributed by atoms with Crippen LogP contribution in [-0.4, -0.2) is 41.1 Å². The SMILES string of the molecule is C=C(C)CNC(=O)c1ccc2c(c1)CN(C1CCC(=O)NC1=O)C2=O. The van der Waals surface area contributed by atoms with Crippen molar-refractivity contribution in [2.24, 2.45) is 0 Å². The number of carbonyl (C=O) groups excluding carboxylic acids is 4. The van der Waals surface area contributed by atoms with E-state index in [4.69, 9.17) is 0 Å². The molecular formula is C18H19N3O4. The standard InChI is InChI=1S/C18H19N3O4/c1-10(2)8-19-16(23)11-3-4-13-12(7-11)9-21(18(13)25)14-5-6-15(22)20-17(14)24/h3-4,7,14H,1,5-6,8-9H2,2H3,(H,19,23)(H,20,22,24). The summed E-state index contributed by atoms with van der Waals surface area (Å²) < 4.78 is 0. The number of fused-ring (bicyclic) bond motifs is 1. The Morgan fingerprint density at radius 1 is 1.36 bits per heavy atom. The van der Waals surface area contributed by atoms with Crippen LogP contribution in [0.4, 0.5) is 0 Å². The van der Waals surface area contributed by atoms with E-state index in [2.05, 4.69) is 17.2 Å². The summed E-state index contributed by atoms with van der Waals surface area (Å²) in [6.45, 7) is 6.19. The molecule has 0 spiro atoms. The number of nitrogens with zero attached hydrogens (tertiary/aromatic N) is 1. The van der Waals surface area contributed by atoms with Gasteiger partial charge in [-0.25, -0.2) is 0 Å². The van der Waals surface area contributed by atoms with E-state index in [1.165, 1.54) is 4.90 Å². The van der Waals surface area contributed by atoms with Crippen molar-refractivity contribution in [3.63, 3.8) is 0 Å². The lowest BCUT2D eigenvalue weighted by Gasteiger charge is -2.29. The first-order valence-corrected chi connectivity index (χ1v) is 8.07. The Bertz CT molecular complexity index is 800. The number of hydrogen-bond donors (Lipinski definition) is 2. The molecule has 1 fully saturated rings. The van der Waals surface area contributed by atoms with Crippen LogP contribution in [-0.2, 0) is 16.1 Å². The molecule has 1 unspecified atom stereocenters. The topological polar surface area (TPSA) is 95.6 Å². The van der Waals surface area contributed by atoms with Gasteiger partial charge in [-0.2, -0.15) is 0 Å². The molecule has 2 N–H and O–H groups in total. The Morgan fingerprint density at radius 3 is 2.80 bits per heavy atom. The van der Waals surface area contributed by atoms with Gasteiger partial charge in [-0.3, -0.25) is 24.5 Å². The second-order valence-electron chi connectivity index (χ2n) is 6.41. The predicted molar refractivity (Wildman–Crippen MR) is 89.6 cm³/mol. The molecule has 1 atom stereocenters. The van der Waals surface area contributed by atoms with Crippen molar-refractivity contribution in [3.8, 4) is 0 Å². The number of piperidine rings is 1. The second kappa shape index (κ2) is 6.51.